The van der Waals surface area contributed by atoms with E-state index in [0.29, 0.717) is 0 Å². The Bertz CT molecular complexity index is 427. The van der Waals surface area contributed by atoms with E-state index in [2.05, 4.69) is 25.2 Å². The first-order chi connectivity index (χ1) is 9.65. The molecule has 0 saturated carbocycles. The fourth-order valence-electron chi connectivity index (χ4n) is 2.02. The zero-order valence-corrected chi connectivity index (χ0v) is 13.1. The molecule has 0 aliphatic rings. The second-order valence-electron chi connectivity index (χ2n) is 4.88. The van der Waals surface area contributed by atoms with Gasteiger partial charge in [0.05, 0.1) is 6.07 Å². The van der Waals surface area contributed by atoms with Crippen LogP contribution in [0.15, 0.2) is 29.2 Å². The van der Waals surface area contributed by atoms with Gasteiger partial charge in [-0.25, -0.2) is 4.39 Å². The molecule has 1 rings (SSSR count). The lowest BCUT2D eigenvalue weighted by atomic mass is 9.92. The molecule has 0 amide bonds. The predicted octanol–water partition coefficient (Wildman–Crippen LogP) is 4.37. The van der Waals surface area contributed by atoms with Gasteiger partial charge in [0.15, 0.2) is 0 Å². The highest BCUT2D eigenvalue weighted by atomic mass is 32.2. The lowest BCUT2D eigenvalue weighted by molar-refractivity contribution is 0.371. The van der Waals surface area contributed by atoms with E-state index in [4.69, 9.17) is 0 Å². The molecule has 0 fully saturated rings. The smallest absolute Gasteiger partial charge is 0.123 e. The van der Waals surface area contributed by atoms with Gasteiger partial charge in [-0.15, -0.1) is 11.8 Å². The van der Waals surface area contributed by atoms with Crippen molar-refractivity contribution in [1.82, 2.24) is 5.32 Å². The number of nitriles is 1. The first kappa shape index (κ1) is 17.0. The Morgan fingerprint density at radius 3 is 2.55 bits per heavy atom. The van der Waals surface area contributed by atoms with Gasteiger partial charge in [0.2, 0.25) is 0 Å². The summed E-state index contributed by atoms with van der Waals surface area (Å²) >= 11 is 1.71. The topological polar surface area (TPSA) is 35.8 Å². The molecule has 1 aromatic carbocycles. The molecule has 20 heavy (non-hydrogen) atoms. The maximum absolute atomic E-state index is 12.8. The molecule has 110 valence electrons. The van der Waals surface area contributed by atoms with Crippen LogP contribution >= 0.6 is 11.8 Å². The molecule has 0 radical (unpaired) electrons. The van der Waals surface area contributed by atoms with E-state index in [0.717, 1.165) is 42.9 Å². The van der Waals surface area contributed by atoms with Crippen LogP contribution in [0.4, 0.5) is 4.39 Å². The fourth-order valence-corrected chi connectivity index (χ4v) is 2.88. The van der Waals surface area contributed by atoms with E-state index in [1.807, 2.05) is 0 Å². The summed E-state index contributed by atoms with van der Waals surface area (Å²) in [4.78, 5) is 1.08. The number of hydrogen-bond donors (Lipinski definition) is 1. The molecule has 1 aromatic rings. The molecule has 4 heteroatoms. The molecule has 0 saturated heterocycles. The highest BCUT2D eigenvalue weighted by Gasteiger charge is 2.25. The minimum atomic E-state index is -0.390. The van der Waals surface area contributed by atoms with E-state index in [-0.39, 0.29) is 11.4 Å². The van der Waals surface area contributed by atoms with Crippen LogP contribution in [0.25, 0.3) is 0 Å². The maximum Gasteiger partial charge on any atom is 0.123 e. The average Bonchev–Trinajstić information content (AvgIpc) is 2.49. The number of halogens is 1. The molecule has 1 N–H and O–H groups in total. The number of benzene rings is 1. The second-order valence-corrected chi connectivity index (χ2v) is 6.05. The van der Waals surface area contributed by atoms with Crippen LogP contribution in [0.2, 0.25) is 0 Å². The van der Waals surface area contributed by atoms with Crippen LogP contribution in [-0.2, 0) is 0 Å². The Labute approximate surface area is 125 Å². The van der Waals surface area contributed by atoms with Gasteiger partial charge in [-0.05, 0) is 62.2 Å². The van der Waals surface area contributed by atoms with Gasteiger partial charge in [-0.3, -0.25) is 5.32 Å². The largest absolute Gasteiger partial charge is 0.299 e. The van der Waals surface area contributed by atoms with Crippen LogP contribution < -0.4 is 5.32 Å². The van der Waals surface area contributed by atoms with Crippen molar-refractivity contribution < 1.29 is 4.39 Å². The Morgan fingerprint density at radius 2 is 2.00 bits per heavy atom. The molecule has 0 bridgehead atoms. The normalized spacial score (nSPS) is 13.7. The monoisotopic (exact) mass is 294 g/mol. The first-order valence-electron chi connectivity index (χ1n) is 7.20. The standard InChI is InChI=1S/C16H23FN2S/c1-3-11-19-16(4-2,13-18)10-5-12-20-15-8-6-14(17)7-9-15/h6-9,19H,3-5,10-12H2,1-2H3. The third-order valence-electron chi connectivity index (χ3n) is 3.36. The highest BCUT2D eigenvalue weighted by Crippen LogP contribution is 2.23. The highest BCUT2D eigenvalue weighted by molar-refractivity contribution is 7.99. The van der Waals surface area contributed by atoms with E-state index in [1.54, 1.807) is 23.9 Å². The molecule has 0 aliphatic heterocycles. The molecule has 2 nitrogen and oxygen atoms in total. The summed E-state index contributed by atoms with van der Waals surface area (Å²) in [5, 5.41) is 12.8. The van der Waals surface area contributed by atoms with E-state index in [9.17, 15) is 9.65 Å². The Morgan fingerprint density at radius 1 is 1.30 bits per heavy atom. The van der Waals surface area contributed by atoms with Gasteiger partial charge in [0.25, 0.3) is 0 Å². The summed E-state index contributed by atoms with van der Waals surface area (Å²) in [6.45, 7) is 5.04. The van der Waals surface area contributed by atoms with Crippen LogP contribution in [0, 0.1) is 17.1 Å². The summed E-state index contributed by atoms with van der Waals surface area (Å²) in [6.07, 6.45) is 3.69. The molecule has 0 aromatic heterocycles. The number of nitrogens with one attached hydrogen (secondary N) is 1. The number of rotatable bonds is 9. The second kappa shape index (κ2) is 8.99. The van der Waals surface area contributed by atoms with Crippen LogP contribution in [0.5, 0.6) is 0 Å². The Hall–Kier alpha value is -1.05. The number of nitrogens with zero attached hydrogens (tertiary/aromatic N) is 1. The molecule has 1 atom stereocenters. The maximum atomic E-state index is 12.8. The van der Waals surface area contributed by atoms with Gasteiger partial charge >= 0.3 is 0 Å². The van der Waals surface area contributed by atoms with Gasteiger partial charge < -0.3 is 0 Å². The third-order valence-corrected chi connectivity index (χ3v) is 4.46. The van der Waals surface area contributed by atoms with Crippen molar-refractivity contribution in [3.05, 3.63) is 30.1 Å². The molecule has 0 heterocycles. The van der Waals surface area contributed by atoms with E-state index in [1.165, 1.54) is 12.1 Å². The summed E-state index contributed by atoms with van der Waals surface area (Å²) in [7, 11) is 0. The van der Waals surface area contributed by atoms with Crippen molar-refractivity contribution >= 4 is 11.8 Å². The van der Waals surface area contributed by atoms with E-state index >= 15 is 0 Å². The molecule has 1 unspecified atom stereocenters. The summed E-state index contributed by atoms with van der Waals surface area (Å²) < 4.78 is 12.8. The van der Waals surface area contributed by atoms with Gasteiger partial charge in [0, 0.05) is 4.90 Å². The van der Waals surface area contributed by atoms with Crippen LogP contribution in [0.3, 0.4) is 0 Å². The number of thioether (sulfide) groups is 1. The molecule has 0 spiro atoms. The quantitative estimate of drug-likeness (QED) is 0.542. The van der Waals surface area contributed by atoms with Crippen molar-refractivity contribution in [1.29, 1.82) is 5.26 Å². The summed E-state index contributed by atoms with van der Waals surface area (Å²) in [6, 6.07) is 9.00. The van der Waals surface area contributed by atoms with Gasteiger partial charge in [-0.1, -0.05) is 13.8 Å². The zero-order valence-electron chi connectivity index (χ0n) is 12.3. The van der Waals surface area contributed by atoms with Gasteiger partial charge in [-0.2, -0.15) is 5.26 Å². The van der Waals surface area contributed by atoms with E-state index < -0.39 is 0 Å². The minimum Gasteiger partial charge on any atom is -0.299 e. The molecular weight excluding hydrogens is 271 g/mol. The molecular formula is C16H23FN2S. The lowest BCUT2D eigenvalue weighted by Crippen LogP contribution is -2.43. The van der Waals surface area contributed by atoms with Crippen LogP contribution in [-0.4, -0.2) is 17.8 Å². The van der Waals surface area contributed by atoms with Crippen molar-refractivity contribution in [2.24, 2.45) is 0 Å². The fraction of sp³-hybridized carbons (Fsp3) is 0.562. The van der Waals surface area contributed by atoms with Crippen molar-refractivity contribution in [2.45, 2.75) is 50.0 Å². The average molecular weight is 294 g/mol. The van der Waals surface area contributed by atoms with Gasteiger partial charge in [0.1, 0.15) is 11.4 Å². The van der Waals surface area contributed by atoms with Crippen molar-refractivity contribution in [3.63, 3.8) is 0 Å². The Balaban J connectivity index is 2.37. The zero-order chi connectivity index (χ0) is 14.8. The third kappa shape index (κ3) is 5.52. The van der Waals surface area contributed by atoms with Crippen molar-refractivity contribution in [2.75, 3.05) is 12.3 Å². The summed E-state index contributed by atoms with van der Waals surface area (Å²) in [5.74, 6) is 0.746. The van der Waals surface area contributed by atoms with Crippen molar-refractivity contribution in [3.8, 4) is 6.07 Å². The predicted molar refractivity (Wildman–Crippen MR) is 83.3 cm³/mol. The number of hydrogen-bond acceptors (Lipinski definition) is 3. The first-order valence-corrected chi connectivity index (χ1v) is 8.19. The lowest BCUT2D eigenvalue weighted by Gasteiger charge is -2.26. The summed E-state index contributed by atoms with van der Waals surface area (Å²) in [5.41, 5.74) is -0.390. The minimum absolute atomic E-state index is 0.201. The van der Waals surface area contributed by atoms with Crippen LogP contribution in [0.1, 0.15) is 39.5 Å². The SMILES string of the molecule is CCCNC(C#N)(CC)CCCSc1ccc(F)cc1. The Kier molecular flexibility index (Phi) is 7.64. The molecule has 0 aliphatic carbocycles.